The van der Waals surface area contributed by atoms with E-state index in [9.17, 15) is 5.26 Å². The van der Waals surface area contributed by atoms with Crippen molar-refractivity contribution in [2.75, 3.05) is 0 Å². The molecule has 2 heterocycles. The standard InChI is InChI=1S/C20H20ClN3/c1-13(11-22)19-18(23-17-10-9-16(21)12-24(17)19)14-5-7-15(8-6-14)20(2,3)4/h5-10,12-13H,1-4H3. The van der Waals surface area contributed by atoms with E-state index in [2.05, 4.69) is 51.1 Å². The van der Waals surface area contributed by atoms with E-state index < -0.39 is 0 Å². The van der Waals surface area contributed by atoms with Gasteiger partial charge in [0.1, 0.15) is 5.65 Å². The first-order valence-electron chi connectivity index (χ1n) is 7.99. The minimum Gasteiger partial charge on any atom is -0.301 e. The Bertz CT molecular complexity index is 924. The molecule has 1 aromatic carbocycles. The number of hydrogen-bond donors (Lipinski definition) is 0. The lowest BCUT2D eigenvalue weighted by Crippen LogP contribution is -2.10. The maximum atomic E-state index is 9.43. The molecule has 24 heavy (non-hydrogen) atoms. The van der Waals surface area contributed by atoms with Gasteiger partial charge in [0, 0.05) is 11.8 Å². The maximum absolute atomic E-state index is 9.43. The topological polar surface area (TPSA) is 41.1 Å². The highest BCUT2D eigenvalue weighted by Crippen LogP contribution is 2.32. The summed E-state index contributed by atoms with van der Waals surface area (Å²) >= 11 is 6.13. The van der Waals surface area contributed by atoms with Crippen molar-refractivity contribution in [3.63, 3.8) is 0 Å². The van der Waals surface area contributed by atoms with Gasteiger partial charge in [-0.25, -0.2) is 4.98 Å². The van der Waals surface area contributed by atoms with E-state index in [-0.39, 0.29) is 11.3 Å². The summed E-state index contributed by atoms with van der Waals surface area (Å²) in [6.45, 7) is 8.46. The minimum absolute atomic E-state index is 0.105. The fraction of sp³-hybridized carbons (Fsp3) is 0.300. The number of fused-ring (bicyclic) bond motifs is 1. The summed E-state index contributed by atoms with van der Waals surface area (Å²) in [7, 11) is 0. The molecule has 0 bridgehead atoms. The molecular formula is C20H20ClN3. The number of imidazole rings is 1. The van der Waals surface area contributed by atoms with E-state index in [0.717, 1.165) is 22.6 Å². The fourth-order valence-electron chi connectivity index (χ4n) is 2.85. The fourth-order valence-corrected chi connectivity index (χ4v) is 3.01. The highest BCUT2D eigenvalue weighted by molar-refractivity contribution is 6.30. The number of nitriles is 1. The molecule has 0 aliphatic heterocycles. The first-order chi connectivity index (χ1) is 11.3. The zero-order chi connectivity index (χ0) is 17.5. The largest absolute Gasteiger partial charge is 0.301 e. The van der Waals surface area contributed by atoms with Gasteiger partial charge in [-0.3, -0.25) is 0 Å². The van der Waals surface area contributed by atoms with Crippen LogP contribution in [-0.2, 0) is 5.41 Å². The van der Waals surface area contributed by atoms with Crippen LogP contribution in [-0.4, -0.2) is 9.38 Å². The Morgan fingerprint density at radius 3 is 2.38 bits per heavy atom. The zero-order valence-electron chi connectivity index (χ0n) is 14.3. The van der Waals surface area contributed by atoms with Crippen LogP contribution in [0.4, 0.5) is 0 Å². The third-order valence-corrected chi connectivity index (χ3v) is 4.47. The number of halogens is 1. The number of rotatable bonds is 2. The van der Waals surface area contributed by atoms with Gasteiger partial charge in [-0.1, -0.05) is 56.6 Å². The van der Waals surface area contributed by atoms with Crippen LogP contribution in [0.5, 0.6) is 0 Å². The summed E-state index contributed by atoms with van der Waals surface area (Å²) < 4.78 is 1.92. The molecule has 1 unspecified atom stereocenters. The molecule has 0 N–H and O–H groups in total. The zero-order valence-corrected chi connectivity index (χ0v) is 15.1. The number of hydrogen-bond acceptors (Lipinski definition) is 2. The van der Waals surface area contributed by atoms with Crippen molar-refractivity contribution in [3.05, 3.63) is 58.9 Å². The molecule has 3 nitrogen and oxygen atoms in total. The van der Waals surface area contributed by atoms with Crippen molar-refractivity contribution in [2.45, 2.75) is 39.0 Å². The average molecular weight is 338 g/mol. The third kappa shape index (κ3) is 2.90. The van der Waals surface area contributed by atoms with E-state index in [1.807, 2.05) is 29.7 Å². The van der Waals surface area contributed by atoms with Crippen LogP contribution in [0, 0.1) is 11.3 Å². The summed E-state index contributed by atoms with van der Waals surface area (Å²) in [5.74, 6) is -0.282. The molecule has 0 radical (unpaired) electrons. The van der Waals surface area contributed by atoms with Gasteiger partial charge in [0.05, 0.1) is 28.4 Å². The first kappa shape index (κ1) is 16.5. The summed E-state index contributed by atoms with van der Waals surface area (Å²) in [5.41, 5.74) is 4.90. The van der Waals surface area contributed by atoms with Crippen LogP contribution in [0.25, 0.3) is 16.9 Å². The second-order valence-corrected chi connectivity index (χ2v) is 7.54. The van der Waals surface area contributed by atoms with E-state index >= 15 is 0 Å². The van der Waals surface area contributed by atoms with Crippen molar-refractivity contribution >= 4 is 17.2 Å². The smallest absolute Gasteiger partial charge is 0.137 e. The number of pyridine rings is 1. The molecule has 0 amide bonds. The van der Waals surface area contributed by atoms with Gasteiger partial charge < -0.3 is 4.40 Å². The predicted octanol–water partition coefficient (Wildman–Crippen LogP) is 5.58. The van der Waals surface area contributed by atoms with E-state index in [1.54, 1.807) is 0 Å². The van der Waals surface area contributed by atoms with E-state index in [0.29, 0.717) is 5.02 Å². The number of nitrogens with zero attached hydrogens (tertiary/aromatic N) is 3. The Kier molecular flexibility index (Phi) is 4.11. The lowest BCUT2D eigenvalue weighted by molar-refractivity contribution is 0.590. The van der Waals surface area contributed by atoms with Crippen LogP contribution in [0.3, 0.4) is 0 Å². The van der Waals surface area contributed by atoms with Crippen molar-refractivity contribution in [2.24, 2.45) is 0 Å². The van der Waals surface area contributed by atoms with Gasteiger partial charge in [0.15, 0.2) is 0 Å². The molecule has 0 aliphatic rings. The Morgan fingerprint density at radius 2 is 1.79 bits per heavy atom. The molecule has 4 heteroatoms. The lowest BCUT2D eigenvalue weighted by atomic mass is 9.86. The van der Waals surface area contributed by atoms with Gasteiger partial charge in [-0.05, 0) is 30.0 Å². The molecule has 122 valence electrons. The second kappa shape index (κ2) is 5.96. The Morgan fingerprint density at radius 1 is 1.12 bits per heavy atom. The predicted molar refractivity (Wildman–Crippen MR) is 98.4 cm³/mol. The minimum atomic E-state index is -0.282. The van der Waals surface area contributed by atoms with Gasteiger partial charge >= 0.3 is 0 Å². The van der Waals surface area contributed by atoms with E-state index in [1.165, 1.54) is 5.56 Å². The molecule has 3 aromatic rings. The van der Waals surface area contributed by atoms with Crippen LogP contribution in [0.1, 0.15) is 44.9 Å². The van der Waals surface area contributed by atoms with Crippen molar-refractivity contribution in [1.29, 1.82) is 5.26 Å². The molecule has 3 rings (SSSR count). The molecule has 0 saturated carbocycles. The molecule has 0 saturated heterocycles. The first-order valence-corrected chi connectivity index (χ1v) is 8.37. The normalized spacial score (nSPS) is 13.0. The lowest BCUT2D eigenvalue weighted by Gasteiger charge is -2.19. The molecular weight excluding hydrogens is 318 g/mol. The van der Waals surface area contributed by atoms with Crippen LogP contribution < -0.4 is 0 Å². The van der Waals surface area contributed by atoms with Crippen LogP contribution in [0.15, 0.2) is 42.6 Å². The quantitative estimate of drug-likeness (QED) is 0.612. The van der Waals surface area contributed by atoms with Crippen molar-refractivity contribution < 1.29 is 0 Å². The maximum Gasteiger partial charge on any atom is 0.137 e. The number of benzene rings is 1. The van der Waals surface area contributed by atoms with Crippen molar-refractivity contribution in [3.8, 4) is 17.3 Å². The summed E-state index contributed by atoms with van der Waals surface area (Å²) in [5, 5.41) is 10.1. The molecule has 0 aliphatic carbocycles. The molecule has 0 spiro atoms. The van der Waals surface area contributed by atoms with Crippen LogP contribution in [0.2, 0.25) is 5.02 Å². The van der Waals surface area contributed by atoms with Gasteiger partial charge in [0.25, 0.3) is 0 Å². The molecule has 2 aromatic heterocycles. The SMILES string of the molecule is CC(C#N)c1c(-c2ccc(C(C)(C)C)cc2)nc2ccc(Cl)cn12. The third-order valence-electron chi connectivity index (χ3n) is 4.25. The number of aromatic nitrogens is 2. The Labute approximate surface area is 147 Å². The van der Waals surface area contributed by atoms with Crippen molar-refractivity contribution in [1.82, 2.24) is 9.38 Å². The highest BCUT2D eigenvalue weighted by Gasteiger charge is 2.20. The Balaban J connectivity index is 2.20. The van der Waals surface area contributed by atoms with E-state index in [4.69, 9.17) is 16.6 Å². The average Bonchev–Trinajstić information content (AvgIpc) is 2.92. The van der Waals surface area contributed by atoms with Gasteiger partial charge in [0.2, 0.25) is 0 Å². The summed E-state index contributed by atoms with van der Waals surface area (Å²) in [4.78, 5) is 4.74. The monoisotopic (exact) mass is 337 g/mol. The van der Waals surface area contributed by atoms with Gasteiger partial charge in [-0.15, -0.1) is 0 Å². The van der Waals surface area contributed by atoms with Gasteiger partial charge in [-0.2, -0.15) is 5.26 Å². The summed E-state index contributed by atoms with van der Waals surface area (Å²) in [6, 6.07) is 14.4. The van der Waals surface area contributed by atoms with Crippen LogP contribution >= 0.6 is 11.6 Å². The molecule has 1 atom stereocenters. The summed E-state index contributed by atoms with van der Waals surface area (Å²) in [6.07, 6.45) is 1.82. The Hall–Kier alpha value is -2.31. The second-order valence-electron chi connectivity index (χ2n) is 7.10. The highest BCUT2D eigenvalue weighted by atomic mass is 35.5. The molecule has 0 fully saturated rings.